The van der Waals surface area contributed by atoms with Crippen molar-refractivity contribution < 1.29 is 12.6 Å². The van der Waals surface area contributed by atoms with Gasteiger partial charge < -0.3 is 0 Å². The van der Waals surface area contributed by atoms with Gasteiger partial charge in [-0.1, -0.05) is 49.2 Å². The summed E-state index contributed by atoms with van der Waals surface area (Å²) in [6.07, 6.45) is 4.13. The Morgan fingerprint density at radius 2 is 1.96 bits per heavy atom. The van der Waals surface area contributed by atoms with Crippen LogP contribution in [-0.2, 0) is 14.3 Å². The molecule has 3 nitrogen and oxygen atoms in total. The van der Waals surface area contributed by atoms with E-state index in [4.69, 9.17) is 15.8 Å². The van der Waals surface area contributed by atoms with Gasteiger partial charge in [-0.15, -0.1) is 0 Å². The molecule has 5 heteroatoms. The van der Waals surface area contributed by atoms with Crippen LogP contribution >= 0.6 is 11.6 Å². The molecule has 2 aliphatic carbocycles. The molecule has 0 saturated heterocycles. The highest BCUT2D eigenvalue weighted by Crippen LogP contribution is 2.55. The van der Waals surface area contributed by atoms with Crippen LogP contribution in [0.25, 0.3) is 0 Å². The largest absolute Gasteiger partial charge is 0.296 e. The van der Waals surface area contributed by atoms with Crippen LogP contribution in [0.3, 0.4) is 0 Å². The fourth-order valence-electron chi connectivity index (χ4n) is 3.81. The summed E-state index contributed by atoms with van der Waals surface area (Å²) in [6.45, 7) is 6.39. The SMILES string of the molecule is Cc1ccc(S(=O)(=O)OC[C@]2(C)C[C@H]3C[C@@H]2C=C(Cl)[C@@H]3C)cc1. The lowest BCUT2D eigenvalue weighted by atomic mass is 9.80. The van der Waals surface area contributed by atoms with Crippen molar-refractivity contribution in [3.63, 3.8) is 0 Å². The van der Waals surface area contributed by atoms with E-state index >= 15 is 0 Å². The summed E-state index contributed by atoms with van der Waals surface area (Å²) in [6, 6.07) is 6.76. The van der Waals surface area contributed by atoms with Gasteiger partial charge in [-0.05, 0) is 55.1 Å². The molecule has 2 bridgehead atoms. The zero-order valence-electron chi connectivity index (χ0n) is 13.8. The van der Waals surface area contributed by atoms with E-state index in [2.05, 4.69) is 19.9 Å². The Kier molecular flexibility index (Phi) is 4.36. The first-order chi connectivity index (χ1) is 10.7. The van der Waals surface area contributed by atoms with Crippen molar-refractivity contribution in [2.45, 2.75) is 38.5 Å². The average Bonchev–Trinajstić information content (AvgIpc) is 2.78. The van der Waals surface area contributed by atoms with Crippen LogP contribution in [0.5, 0.6) is 0 Å². The van der Waals surface area contributed by atoms with E-state index in [1.54, 1.807) is 24.3 Å². The Morgan fingerprint density at radius 3 is 2.61 bits per heavy atom. The highest BCUT2D eigenvalue weighted by atomic mass is 35.5. The molecule has 1 aromatic rings. The van der Waals surface area contributed by atoms with Gasteiger partial charge in [-0.3, -0.25) is 4.18 Å². The smallest absolute Gasteiger partial charge is 0.266 e. The second-order valence-electron chi connectivity index (χ2n) is 7.33. The van der Waals surface area contributed by atoms with Gasteiger partial charge >= 0.3 is 0 Å². The summed E-state index contributed by atoms with van der Waals surface area (Å²) in [5.41, 5.74) is 0.849. The highest BCUT2D eigenvalue weighted by molar-refractivity contribution is 7.86. The van der Waals surface area contributed by atoms with Gasteiger partial charge in [0.25, 0.3) is 10.1 Å². The topological polar surface area (TPSA) is 43.4 Å². The average molecular weight is 355 g/mol. The molecule has 0 heterocycles. The number of benzene rings is 1. The molecule has 126 valence electrons. The Morgan fingerprint density at radius 1 is 1.30 bits per heavy atom. The summed E-state index contributed by atoms with van der Waals surface area (Å²) in [5.74, 6) is 1.18. The third-order valence-corrected chi connectivity index (χ3v) is 7.28. The third-order valence-electron chi connectivity index (χ3n) is 5.54. The molecule has 0 amide bonds. The van der Waals surface area contributed by atoms with E-state index in [0.29, 0.717) is 17.8 Å². The lowest BCUT2D eigenvalue weighted by Crippen LogP contribution is -2.28. The normalized spacial score (nSPS) is 33.6. The van der Waals surface area contributed by atoms with Crippen molar-refractivity contribution in [2.24, 2.45) is 23.2 Å². The minimum absolute atomic E-state index is 0.173. The number of aryl methyl sites for hydroxylation is 1. The minimum Gasteiger partial charge on any atom is -0.266 e. The van der Waals surface area contributed by atoms with Crippen LogP contribution in [0.15, 0.2) is 40.3 Å². The maximum atomic E-state index is 12.4. The molecule has 1 aromatic carbocycles. The molecule has 0 radical (unpaired) electrons. The molecule has 0 aliphatic heterocycles. The van der Waals surface area contributed by atoms with Crippen molar-refractivity contribution in [3.05, 3.63) is 40.9 Å². The monoisotopic (exact) mass is 354 g/mol. The molecule has 0 N–H and O–H groups in total. The van der Waals surface area contributed by atoms with Crippen molar-refractivity contribution in [1.29, 1.82) is 0 Å². The van der Waals surface area contributed by atoms with Crippen molar-refractivity contribution >= 4 is 21.7 Å². The fraction of sp³-hybridized carbons (Fsp3) is 0.556. The maximum Gasteiger partial charge on any atom is 0.296 e. The summed E-state index contributed by atoms with van der Waals surface area (Å²) in [4.78, 5) is 0.217. The van der Waals surface area contributed by atoms with E-state index in [-0.39, 0.29) is 16.9 Å². The quantitative estimate of drug-likeness (QED) is 0.747. The molecule has 1 saturated carbocycles. The van der Waals surface area contributed by atoms with E-state index in [9.17, 15) is 8.42 Å². The Hall–Kier alpha value is -0.840. The van der Waals surface area contributed by atoms with Gasteiger partial charge in [-0.2, -0.15) is 8.42 Å². The van der Waals surface area contributed by atoms with Gasteiger partial charge in [0, 0.05) is 5.03 Å². The van der Waals surface area contributed by atoms with Crippen molar-refractivity contribution in [1.82, 2.24) is 0 Å². The van der Waals surface area contributed by atoms with Crippen molar-refractivity contribution in [2.75, 3.05) is 6.61 Å². The molecule has 2 aliphatic rings. The second kappa shape index (κ2) is 5.91. The van der Waals surface area contributed by atoms with Crippen LogP contribution in [-0.4, -0.2) is 15.0 Å². The van der Waals surface area contributed by atoms with Gasteiger partial charge in [0.1, 0.15) is 0 Å². The first-order valence-electron chi connectivity index (χ1n) is 8.05. The predicted molar refractivity (Wildman–Crippen MR) is 91.7 cm³/mol. The summed E-state index contributed by atoms with van der Waals surface area (Å²) >= 11 is 6.33. The highest BCUT2D eigenvalue weighted by Gasteiger charge is 2.48. The van der Waals surface area contributed by atoms with Crippen LogP contribution in [0.4, 0.5) is 0 Å². The fourth-order valence-corrected chi connectivity index (χ4v) is 5.17. The molecule has 0 unspecified atom stereocenters. The summed E-state index contributed by atoms with van der Waals surface area (Å²) < 4.78 is 30.2. The standard InChI is InChI=1S/C18H23ClO3S/c1-12-4-6-16(7-5-12)23(20,21)22-11-18(3)10-14-8-15(18)9-17(19)13(14)2/h4-7,9,13-15H,8,10-11H2,1-3H3/t13-,14-,15-,18+/m1/s1. The molecular formula is C18H23ClO3S. The lowest BCUT2D eigenvalue weighted by Gasteiger charge is -2.29. The van der Waals surface area contributed by atoms with E-state index < -0.39 is 10.1 Å². The van der Waals surface area contributed by atoms with E-state index in [0.717, 1.165) is 23.4 Å². The number of rotatable bonds is 4. The van der Waals surface area contributed by atoms with Gasteiger partial charge in [0.05, 0.1) is 11.5 Å². The molecule has 0 spiro atoms. The first-order valence-corrected chi connectivity index (χ1v) is 9.83. The van der Waals surface area contributed by atoms with Crippen molar-refractivity contribution in [3.8, 4) is 0 Å². The van der Waals surface area contributed by atoms with Crippen LogP contribution in [0, 0.1) is 30.1 Å². The zero-order chi connectivity index (χ0) is 16.8. The summed E-state index contributed by atoms with van der Waals surface area (Å²) in [7, 11) is -3.71. The predicted octanol–water partition coefficient (Wildman–Crippen LogP) is 4.51. The van der Waals surface area contributed by atoms with E-state index in [1.165, 1.54) is 0 Å². The second-order valence-corrected chi connectivity index (χ2v) is 9.38. The number of hydrogen-bond donors (Lipinski definition) is 0. The van der Waals surface area contributed by atoms with Gasteiger partial charge in [-0.25, -0.2) is 0 Å². The number of hydrogen-bond acceptors (Lipinski definition) is 3. The molecule has 3 rings (SSSR count). The molecular weight excluding hydrogens is 332 g/mol. The molecule has 4 atom stereocenters. The van der Waals surface area contributed by atoms with Crippen LogP contribution < -0.4 is 0 Å². The van der Waals surface area contributed by atoms with Gasteiger partial charge in [0.2, 0.25) is 0 Å². The lowest BCUT2D eigenvalue weighted by molar-refractivity contribution is 0.141. The molecule has 23 heavy (non-hydrogen) atoms. The Labute approximate surface area is 143 Å². The number of fused-ring (bicyclic) bond motifs is 2. The maximum absolute atomic E-state index is 12.4. The molecule has 0 aromatic heterocycles. The Bertz CT molecular complexity index is 723. The summed E-state index contributed by atoms with van der Waals surface area (Å²) in [5, 5.41) is 0.913. The first kappa shape index (κ1) is 17.0. The zero-order valence-corrected chi connectivity index (χ0v) is 15.3. The van der Waals surface area contributed by atoms with E-state index in [1.807, 2.05) is 6.92 Å². The third kappa shape index (κ3) is 3.21. The van der Waals surface area contributed by atoms with Crippen LogP contribution in [0.2, 0.25) is 0 Å². The number of halogens is 1. The number of allylic oxidation sites excluding steroid dienone is 2. The Balaban J connectivity index is 1.74. The van der Waals surface area contributed by atoms with Gasteiger partial charge in [0.15, 0.2) is 0 Å². The minimum atomic E-state index is -3.71. The van der Waals surface area contributed by atoms with Crippen LogP contribution in [0.1, 0.15) is 32.3 Å². The molecule has 1 fully saturated rings.